The van der Waals surface area contributed by atoms with Crippen molar-refractivity contribution in [2.24, 2.45) is 4.99 Å². The number of nitrogens with zero attached hydrogens (tertiary/aromatic N) is 3. The van der Waals surface area contributed by atoms with Gasteiger partial charge in [0.15, 0.2) is 4.80 Å². The molecule has 0 aliphatic rings. The van der Waals surface area contributed by atoms with Gasteiger partial charge in [0, 0.05) is 24.8 Å². The molecule has 0 saturated heterocycles. The third-order valence-corrected chi connectivity index (χ3v) is 5.35. The van der Waals surface area contributed by atoms with Crippen LogP contribution < -0.4 is 4.80 Å². The first kappa shape index (κ1) is 19.7. The third kappa shape index (κ3) is 4.43. The largest absolute Gasteiger partial charge is 0.316 e. The van der Waals surface area contributed by atoms with Gasteiger partial charge in [-0.25, -0.2) is 0 Å². The quantitative estimate of drug-likeness (QED) is 0.344. The van der Waals surface area contributed by atoms with Crippen LogP contribution in [0.5, 0.6) is 0 Å². The van der Waals surface area contributed by atoms with Crippen molar-refractivity contribution >= 4 is 39.2 Å². The number of hydrogen-bond donors (Lipinski definition) is 0. The second kappa shape index (κ2) is 8.75. The van der Waals surface area contributed by atoms with Gasteiger partial charge in [-0.15, -0.1) is 0 Å². The van der Waals surface area contributed by atoms with Crippen LogP contribution in [0, 0.1) is 10.1 Å². The van der Waals surface area contributed by atoms with E-state index in [9.17, 15) is 14.9 Å². The van der Waals surface area contributed by atoms with E-state index in [0.717, 1.165) is 29.6 Å². The molecule has 2 aromatic carbocycles. The van der Waals surface area contributed by atoms with E-state index in [4.69, 9.17) is 0 Å². The van der Waals surface area contributed by atoms with Gasteiger partial charge < -0.3 is 4.57 Å². The lowest BCUT2D eigenvalue weighted by Gasteiger charge is -2.03. The average molecular weight is 395 g/mol. The summed E-state index contributed by atoms with van der Waals surface area (Å²) in [6.45, 7) is 4.99. The van der Waals surface area contributed by atoms with Gasteiger partial charge in [0.25, 0.3) is 11.6 Å². The molecular weight excluding hydrogens is 374 g/mol. The van der Waals surface area contributed by atoms with Crippen molar-refractivity contribution in [1.82, 2.24) is 4.57 Å². The Morgan fingerprint density at radius 2 is 2.07 bits per heavy atom. The summed E-state index contributed by atoms with van der Waals surface area (Å²) < 4.78 is 3.18. The Hall–Kier alpha value is -3.06. The molecule has 0 saturated carbocycles. The minimum absolute atomic E-state index is 0.0106. The number of nitro benzene ring substituents is 1. The van der Waals surface area contributed by atoms with Crippen LogP contribution in [0.25, 0.3) is 16.3 Å². The average Bonchev–Trinajstić information content (AvgIpc) is 3.03. The summed E-state index contributed by atoms with van der Waals surface area (Å²) in [5, 5.41) is 10.9. The van der Waals surface area contributed by atoms with Crippen molar-refractivity contribution in [2.45, 2.75) is 33.2 Å². The molecule has 0 fully saturated rings. The number of amides is 1. The topological polar surface area (TPSA) is 77.5 Å². The maximum atomic E-state index is 12.4. The fourth-order valence-electron chi connectivity index (χ4n) is 2.90. The number of rotatable bonds is 6. The number of non-ortho nitro benzene ring substituents is 1. The van der Waals surface area contributed by atoms with Crippen LogP contribution in [0.4, 0.5) is 5.69 Å². The Morgan fingerprint density at radius 1 is 1.25 bits per heavy atom. The standard InChI is InChI=1S/C21H21N3O3S/c1-3-12-23-18-10-8-15(4-2)14-19(18)28-21(23)22-20(25)11-9-16-6-5-7-17(13-16)24(26)27/h5-11,13-14H,3-4,12H2,1-2H3/b11-9+,22-21?. The first-order valence-corrected chi connectivity index (χ1v) is 9.97. The van der Waals surface area contributed by atoms with E-state index in [-0.39, 0.29) is 5.69 Å². The minimum Gasteiger partial charge on any atom is -0.316 e. The van der Waals surface area contributed by atoms with Gasteiger partial charge in [0.2, 0.25) is 0 Å². The van der Waals surface area contributed by atoms with Crippen molar-refractivity contribution in [3.63, 3.8) is 0 Å². The summed E-state index contributed by atoms with van der Waals surface area (Å²) in [6, 6.07) is 12.5. The fourth-order valence-corrected chi connectivity index (χ4v) is 4.03. The molecule has 28 heavy (non-hydrogen) atoms. The van der Waals surface area contributed by atoms with Crippen molar-refractivity contribution in [3.05, 3.63) is 74.6 Å². The van der Waals surface area contributed by atoms with E-state index in [0.29, 0.717) is 10.4 Å². The highest BCUT2D eigenvalue weighted by atomic mass is 32.1. The number of hydrogen-bond acceptors (Lipinski definition) is 4. The minimum atomic E-state index is -0.459. The first-order chi connectivity index (χ1) is 13.5. The SMILES string of the molecule is CCCn1c(=NC(=O)/C=C/c2cccc([N+](=O)[O-])c2)sc2cc(CC)ccc21. The van der Waals surface area contributed by atoms with Crippen LogP contribution >= 0.6 is 11.3 Å². The zero-order valence-electron chi connectivity index (χ0n) is 15.8. The first-order valence-electron chi connectivity index (χ1n) is 9.15. The molecule has 0 bridgehead atoms. The van der Waals surface area contributed by atoms with Crippen LogP contribution in [-0.2, 0) is 17.8 Å². The lowest BCUT2D eigenvalue weighted by Crippen LogP contribution is -2.16. The molecule has 144 valence electrons. The van der Waals surface area contributed by atoms with Gasteiger partial charge in [-0.3, -0.25) is 14.9 Å². The van der Waals surface area contributed by atoms with Gasteiger partial charge in [0.05, 0.1) is 15.1 Å². The normalized spacial score (nSPS) is 12.1. The Balaban J connectivity index is 1.94. The molecule has 0 N–H and O–H groups in total. The molecule has 3 rings (SSSR count). The maximum Gasteiger partial charge on any atom is 0.272 e. The number of benzene rings is 2. The highest BCUT2D eigenvalue weighted by Gasteiger charge is 2.08. The Labute approximate surface area is 166 Å². The zero-order chi connectivity index (χ0) is 20.1. The summed E-state index contributed by atoms with van der Waals surface area (Å²) in [5.74, 6) is -0.390. The number of carbonyl (C=O) groups is 1. The summed E-state index contributed by atoms with van der Waals surface area (Å²) >= 11 is 1.50. The van der Waals surface area contributed by atoms with Crippen molar-refractivity contribution in [2.75, 3.05) is 0 Å². The van der Waals surface area contributed by atoms with E-state index < -0.39 is 10.8 Å². The Morgan fingerprint density at radius 3 is 2.79 bits per heavy atom. The maximum absolute atomic E-state index is 12.4. The number of aryl methyl sites for hydroxylation is 2. The van der Waals surface area contributed by atoms with E-state index in [2.05, 4.69) is 41.6 Å². The molecule has 0 aliphatic heterocycles. The molecule has 0 aliphatic carbocycles. The lowest BCUT2D eigenvalue weighted by atomic mass is 10.2. The number of nitro groups is 1. The molecular formula is C21H21N3O3S. The fraction of sp³-hybridized carbons (Fsp3) is 0.238. The molecule has 1 amide bonds. The smallest absolute Gasteiger partial charge is 0.272 e. The molecule has 0 radical (unpaired) electrons. The summed E-state index contributed by atoms with van der Waals surface area (Å²) in [5.41, 5.74) is 2.91. The van der Waals surface area contributed by atoms with Crippen LogP contribution in [0.15, 0.2) is 53.5 Å². The van der Waals surface area contributed by atoms with Crippen molar-refractivity contribution in [3.8, 4) is 0 Å². The molecule has 0 unspecified atom stereocenters. The molecule has 7 heteroatoms. The van der Waals surface area contributed by atoms with Crippen LogP contribution in [-0.4, -0.2) is 15.4 Å². The number of fused-ring (bicyclic) bond motifs is 1. The monoisotopic (exact) mass is 395 g/mol. The van der Waals surface area contributed by atoms with Gasteiger partial charge >= 0.3 is 0 Å². The van der Waals surface area contributed by atoms with Gasteiger partial charge in [-0.2, -0.15) is 4.99 Å². The predicted molar refractivity (Wildman–Crippen MR) is 112 cm³/mol. The molecule has 0 atom stereocenters. The van der Waals surface area contributed by atoms with Gasteiger partial charge in [-0.05, 0) is 42.2 Å². The second-order valence-corrected chi connectivity index (χ2v) is 7.34. The molecule has 0 spiro atoms. The van der Waals surface area contributed by atoms with Crippen molar-refractivity contribution < 1.29 is 9.72 Å². The van der Waals surface area contributed by atoms with Crippen LogP contribution in [0.3, 0.4) is 0 Å². The van der Waals surface area contributed by atoms with Gasteiger partial charge in [-0.1, -0.05) is 43.4 Å². The van der Waals surface area contributed by atoms with Crippen LogP contribution in [0.1, 0.15) is 31.4 Å². The Kier molecular flexibility index (Phi) is 6.16. The number of carbonyl (C=O) groups excluding carboxylic acids is 1. The summed E-state index contributed by atoms with van der Waals surface area (Å²) in [7, 11) is 0. The summed E-state index contributed by atoms with van der Waals surface area (Å²) in [6.07, 6.45) is 4.79. The molecule has 1 aromatic heterocycles. The highest BCUT2D eigenvalue weighted by Crippen LogP contribution is 2.20. The van der Waals surface area contributed by atoms with E-state index in [1.807, 2.05) is 0 Å². The number of thiazole rings is 1. The van der Waals surface area contributed by atoms with E-state index in [1.54, 1.807) is 18.2 Å². The zero-order valence-corrected chi connectivity index (χ0v) is 16.6. The third-order valence-electron chi connectivity index (χ3n) is 4.31. The predicted octanol–water partition coefficient (Wildman–Crippen LogP) is 4.72. The molecule has 1 heterocycles. The Bertz CT molecular complexity index is 1130. The highest BCUT2D eigenvalue weighted by molar-refractivity contribution is 7.16. The van der Waals surface area contributed by atoms with Gasteiger partial charge in [0.1, 0.15) is 0 Å². The molecule has 6 nitrogen and oxygen atoms in total. The summed E-state index contributed by atoms with van der Waals surface area (Å²) in [4.78, 5) is 27.7. The number of aromatic nitrogens is 1. The van der Waals surface area contributed by atoms with E-state index in [1.165, 1.54) is 35.1 Å². The van der Waals surface area contributed by atoms with Crippen LogP contribution in [0.2, 0.25) is 0 Å². The van der Waals surface area contributed by atoms with Crippen molar-refractivity contribution in [1.29, 1.82) is 0 Å². The molecule has 3 aromatic rings. The second-order valence-electron chi connectivity index (χ2n) is 6.33. The van der Waals surface area contributed by atoms with E-state index >= 15 is 0 Å². The lowest BCUT2D eigenvalue weighted by molar-refractivity contribution is -0.384.